The zero-order chi connectivity index (χ0) is 6.97. The summed E-state index contributed by atoms with van der Waals surface area (Å²) in [6, 6.07) is 8.11. The molecule has 2 rings (SSSR count). The Hall–Kier alpha value is -0.530. The van der Waals surface area contributed by atoms with Crippen molar-refractivity contribution in [3.05, 3.63) is 35.4 Å². The maximum atomic E-state index is 5.88. The highest BCUT2D eigenvalue weighted by atomic mass is 35.5. The van der Waals surface area contributed by atoms with E-state index in [1.165, 1.54) is 11.1 Å². The van der Waals surface area contributed by atoms with Crippen LogP contribution in [0.25, 0.3) is 0 Å². The van der Waals surface area contributed by atoms with E-state index in [1.54, 1.807) is 0 Å². The Balaban J connectivity index is 2.51. The fourth-order valence-electron chi connectivity index (χ4n) is 1.19. The monoisotopic (exact) mass is 152 g/mol. The molecule has 1 aliphatic rings. The van der Waals surface area contributed by atoms with Crippen molar-refractivity contribution in [2.75, 3.05) is 0 Å². The summed E-state index contributed by atoms with van der Waals surface area (Å²) < 4.78 is 0. The summed E-state index contributed by atoms with van der Waals surface area (Å²) in [5.74, 6) is 0. The lowest BCUT2D eigenvalue weighted by Crippen LogP contribution is -1.94. The van der Waals surface area contributed by atoms with Crippen molar-refractivity contribution < 1.29 is 0 Å². The van der Waals surface area contributed by atoms with Gasteiger partial charge in [0, 0.05) is 6.54 Å². The molecule has 0 saturated heterocycles. The quantitative estimate of drug-likeness (QED) is 0.399. The Bertz CT molecular complexity index is 247. The largest absolute Gasteiger partial charge is 0.213 e. The Morgan fingerprint density at radius 3 is 3.00 bits per heavy atom. The minimum Gasteiger partial charge on any atom is -0.213 e. The summed E-state index contributed by atoms with van der Waals surface area (Å²) in [5, 5.41) is 4.17. The highest BCUT2D eigenvalue weighted by Gasteiger charge is 2.18. The zero-order valence-electron chi connectivity index (χ0n) is 5.42. The molecule has 0 N–H and O–H groups in total. The van der Waals surface area contributed by atoms with E-state index in [2.05, 4.69) is 11.4 Å². The van der Waals surface area contributed by atoms with Crippen LogP contribution >= 0.6 is 11.6 Å². The van der Waals surface area contributed by atoms with Crippen molar-refractivity contribution in [1.82, 2.24) is 5.32 Å². The predicted octanol–water partition coefficient (Wildman–Crippen LogP) is 2.04. The van der Waals surface area contributed by atoms with E-state index in [1.807, 2.05) is 18.2 Å². The molecule has 1 atom stereocenters. The van der Waals surface area contributed by atoms with E-state index in [-0.39, 0.29) is 5.50 Å². The van der Waals surface area contributed by atoms with Crippen molar-refractivity contribution in [2.24, 2.45) is 0 Å². The molecule has 0 fully saturated rings. The van der Waals surface area contributed by atoms with Gasteiger partial charge in [0.2, 0.25) is 0 Å². The number of fused-ring (bicyclic) bond motifs is 1. The Labute approximate surface area is 65.0 Å². The first kappa shape index (κ1) is 6.20. The lowest BCUT2D eigenvalue weighted by atomic mass is 10.1. The van der Waals surface area contributed by atoms with Crippen LogP contribution in [0, 0.1) is 0 Å². The lowest BCUT2D eigenvalue weighted by Gasteiger charge is -1.97. The molecule has 51 valence electrons. The summed E-state index contributed by atoms with van der Waals surface area (Å²) in [6.45, 7) is 0.782. The summed E-state index contributed by atoms with van der Waals surface area (Å²) in [5.41, 5.74) is 2.34. The number of alkyl halides is 1. The molecule has 0 bridgehead atoms. The van der Waals surface area contributed by atoms with E-state index in [9.17, 15) is 0 Å². The van der Waals surface area contributed by atoms with Crippen LogP contribution in [0.2, 0.25) is 0 Å². The van der Waals surface area contributed by atoms with Crippen molar-refractivity contribution in [3.8, 4) is 0 Å². The van der Waals surface area contributed by atoms with Crippen molar-refractivity contribution in [1.29, 1.82) is 0 Å². The minimum atomic E-state index is -0.101. The predicted molar refractivity (Wildman–Crippen MR) is 40.9 cm³/mol. The molecule has 0 saturated carbocycles. The molecule has 0 amide bonds. The number of nitrogens with zero attached hydrogens (tertiary/aromatic N) is 1. The number of hydrogen-bond acceptors (Lipinski definition) is 0. The molecule has 1 nitrogen and oxygen atoms in total. The molecule has 1 heterocycles. The molecule has 2 heteroatoms. The van der Waals surface area contributed by atoms with E-state index >= 15 is 0 Å². The molecule has 1 unspecified atom stereocenters. The van der Waals surface area contributed by atoms with Crippen LogP contribution in [0.4, 0.5) is 0 Å². The maximum absolute atomic E-state index is 5.88. The molecule has 0 aliphatic carbocycles. The van der Waals surface area contributed by atoms with Gasteiger partial charge in [-0.05, 0) is 11.1 Å². The van der Waals surface area contributed by atoms with Crippen LogP contribution in [-0.2, 0) is 6.54 Å². The normalized spacial score (nSPS) is 22.7. The lowest BCUT2D eigenvalue weighted by molar-refractivity contribution is 0.721. The van der Waals surface area contributed by atoms with Crippen LogP contribution in [0.3, 0.4) is 0 Å². The smallest absolute Gasteiger partial charge is 0.124 e. The number of halogens is 1. The van der Waals surface area contributed by atoms with Gasteiger partial charge in [0.05, 0.1) is 0 Å². The third-order valence-electron chi connectivity index (χ3n) is 1.73. The van der Waals surface area contributed by atoms with Crippen molar-refractivity contribution >= 4 is 11.6 Å². The van der Waals surface area contributed by atoms with Gasteiger partial charge < -0.3 is 0 Å². The van der Waals surface area contributed by atoms with E-state index in [0.29, 0.717) is 0 Å². The van der Waals surface area contributed by atoms with Crippen LogP contribution in [0.5, 0.6) is 0 Å². The second-order valence-electron chi connectivity index (χ2n) is 2.38. The first-order valence-electron chi connectivity index (χ1n) is 3.26. The summed E-state index contributed by atoms with van der Waals surface area (Å²) in [4.78, 5) is 0. The van der Waals surface area contributed by atoms with Crippen molar-refractivity contribution in [2.45, 2.75) is 12.0 Å². The third kappa shape index (κ3) is 0.825. The SMILES string of the molecule is ClC1[N]Cc2ccccc21. The van der Waals surface area contributed by atoms with Gasteiger partial charge in [0.25, 0.3) is 0 Å². The van der Waals surface area contributed by atoms with Gasteiger partial charge in [-0.3, -0.25) is 0 Å². The topological polar surface area (TPSA) is 14.1 Å². The van der Waals surface area contributed by atoms with Crippen LogP contribution < -0.4 is 5.32 Å². The van der Waals surface area contributed by atoms with Gasteiger partial charge in [-0.2, -0.15) is 0 Å². The summed E-state index contributed by atoms with van der Waals surface area (Å²) in [7, 11) is 0. The first-order valence-corrected chi connectivity index (χ1v) is 3.70. The summed E-state index contributed by atoms with van der Waals surface area (Å²) >= 11 is 5.88. The molecule has 0 spiro atoms. The van der Waals surface area contributed by atoms with Crippen LogP contribution in [-0.4, -0.2) is 0 Å². The van der Waals surface area contributed by atoms with E-state index in [0.717, 1.165) is 6.54 Å². The molecule has 1 aromatic rings. The van der Waals surface area contributed by atoms with Gasteiger partial charge in [-0.1, -0.05) is 35.9 Å². The van der Waals surface area contributed by atoms with Crippen LogP contribution in [0.1, 0.15) is 16.6 Å². The molecule has 1 aliphatic heterocycles. The highest BCUT2D eigenvalue weighted by molar-refractivity contribution is 6.20. The van der Waals surface area contributed by atoms with Crippen molar-refractivity contribution in [3.63, 3.8) is 0 Å². The standard InChI is InChI=1S/C8H7ClN/c9-8-7-4-2-1-3-6(7)5-10-8/h1-4,8H,5H2. The minimum absolute atomic E-state index is 0.101. The third-order valence-corrected chi connectivity index (χ3v) is 2.11. The van der Waals surface area contributed by atoms with Gasteiger partial charge >= 0.3 is 0 Å². The van der Waals surface area contributed by atoms with Gasteiger partial charge in [0.15, 0.2) is 0 Å². The Kier molecular flexibility index (Phi) is 1.40. The molecule has 1 aromatic carbocycles. The fourth-order valence-corrected chi connectivity index (χ4v) is 1.47. The number of rotatable bonds is 0. The molecular weight excluding hydrogens is 146 g/mol. The summed E-state index contributed by atoms with van der Waals surface area (Å²) in [6.07, 6.45) is 0. The van der Waals surface area contributed by atoms with E-state index in [4.69, 9.17) is 11.6 Å². The second kappa shape index (κ2) is 2.26. The Morgan fingerprint density at radius 1 is 1.40 bits per heavy atom. The molecule has 1 radical (unpaired) electrons. The van der Waals surface area contributed by atoms with Gasteiger partial charge in [0.1, 0.15) is 5.50 Å². The van der Waals surface area contributed by atoms with E-state index < -0.39 is 0 Å². The average molecular weight is 153 g/mol. The average Bonchev–Trinajstić information content (AvgIpc) is 2.34. The maximum Gasteiger partial charge on any atom is 0.124 e. The molecular formula is C8H7ClN. The first-order chi connectivity index (χ1) is 4.88. The second-order valence-corrected chi connectivity index (χ2v) is 2.79. The zero-order valence-corrected chi connectivity index (χ0v) is 6.17. The Morgan fingerprint density at radius 2 is 2.20 bits per heavy atom. The van der Waals surface area contributed by atoms with Gasteiger partial charge in [-0.15, -0.1) is 0 Å². The highest BCUT2D eigenvalue weighted by Crippen LogP contribution is 2.28. The molecule has 0 aromatic heterocycles. The van der Waals surface area contributed by atoms with Gasteiger partial charge in [-0.25, -0.2) is 5.32 Å². The number of benzene rings is 1. The fraction of sp³-hybridized carbons (Fsp3) is 0.250. The number of hydrogen-bond donors (Lipinski definition) is 0. The van der Waals surface area contributed by atoms with Crippen LogP contribution in [0.15, 0.2) is 24.3 Å². The molecule has 10 heavy (non-hydrogen) atoms.